The van der Waals surface area contributed by atoms with Crippen molar-refractivity contribution in [2.75, 3.05) is 11.1 Å². The first-order chi connectivity index (χ1) is 9.63. The molecule has 0 aliphatic heterocycles. The number of amides is 1. The van der Waals surface area contributed by atoms with Crippen molar-refractivity contribution in [2.45, 2.75) is 6.92 Å². The van der Waals surface area contributed by atoms with Gasteiger partial charge in [0.25, 0.3) is 5.91 Å². The number of benzene rings is 2. The number of hydrogen-bond acceptors (Lipinski definition) is 4. The molecule has 20 heavy (non-hydrogen) atoms. The number of nitrogens with zero attached hydrogens (tertiary/aromatic N) is 1. The maximum absolute atomic E-state index is 12.2. The summed E-state index contributed by atoms with van der Waals surface area (Å²) in [4.78, 5) is 16.6. The molecule has 0 saturated heterocycles. The number of nitrogens with two attached hydrogens (primary N) is 1. The monoisotopic (exact) mass is 283 g/mol. The number of para-hydroxylation sites is 1. The van der Waals surface area contributed by atoms with E-state index in [0.29, 0.717) is 16.4 Å². The van der Waals surface area contributed by atoms with Gasteiger partial charge in [0.1, 0.15) is 0 Å². The van der Waals surface area contributed by atoms with Gasteiger partial charge in [0.15, 0.2) is 5.13 Å². The van der Waals surface area contributed by atoms with E-state index in [-0.39, 0.29) is 5.91 Å². The average molecular weight is 283 g/mol. The second kappa shape index (κ2) is 4.94. The van der Waals surface area contributed by atoms with Crippen LogP contribution in [0.1, 0.15) is 15.9 Å². The zero-order valence-corrected chi connectivity index (χ0v) is 11.7. The Labute approximate surface area is 120 Å². The summed E-state index contributed by atoms with van der Waals surface area (Å²) in [7, 11) is 0. The molecule has 5 heteroatoms. The number of rotatable bonds is 2. The fraction of sp³-hybridized carbons (Fsp3) is 0.0667. The fourth-order valence-corrected chi connectivity index (χ4v) is 2.84. The van der Waals surface area contributed by atoms with E-state index in [1.165, 1.54) is 11.3 Å². The lowest BCUT2D eigenvalue weighted by atomic mass is 10.1. The van der Waals surface area contributed by atoms with Gasteiger partial charge >= 0.3 is 0 Å². The van der Waals surface area contributed by atoms with Crippen molar-refractivity contribution >= 4 is 38.3 Å². The number of hydrogen-bond donors (Lipinski definition) is 2. The van der Waals surface area contributed by atoms with Crippen molar-refractivity contribution < 1.29 is 4.79 Å². The van der Waals surface area contributed by atoms with Crippen LogP contribution in [-0.4, -0.2) is 10.9 Å². The van der Waals surface area contributed by atoms with Gasteiger partial charge in [-0.25, -0.2) is 4.98 Å². The first kappa shape index (κ1) is 12.6. The first-order valence-corrected chi connectivity index (χ1v) is 6.98. The zero-order chi connectivity index (χ0) is 14.1. The highest BCUT2D eigenvalue weighted by Crippen LogP contribution is 2.26. The molecule has 0 fully saturated rings. The third-order valence-corrected chi connectivity index (χ3v) is 3.92. The Balaban J connectivity index is 1.88. The third-order valence-electron chi connectivity index (χ3n) is 2.97. The summed E-state index contributed by atoms with van der Waals surface area (Å²) in [6, 6.07) is 13.1. The van der Waals surface area contributed by atoms with Crippen LogP contribution < -0.4 is 11.1 Å². The number of anilines is 2. The third kappa shape index (κ3) is 2.35. The van der Waals surface area contributed by atoms with Crippen LogP contribution in [0, 0.1) is 6.92 Å². The van der Waals surface area contributed by atoms with Gasteiger partial charge in [-0.1, -0.05) is 29.5 Å². The largest absolute Gasteiger partial charge is 0.398 e. The number of aryl methyl sites for hydroxylation is 1. The van der Waals surface area contributed by atoms with Crippen LogP contribution in [0.15, 0.2) is 42.5 Å². The van der Waals surface area contributed by atoms with Gasteiger partial charge in [0.05, 0.1) is 15.8 Å². The molecule has 2 aromatic carbocycles. The van der Waals surface area contributed by atoms with Crippen molar-refractivity contribution in [1.29, 1.82) is 0 Å². The van der Waals surface area contributed by atoms with Crippen LogP contribution in [0.2, 0.25) is 0 Å². The molecule has 0 aliphatic rings. The van der Waals surface area contributed by atoms with Gasteiger partial charge in [0, 0.05) is 5.69 Å². The van der Waals surface area contributed by atoms with Crippen LogP contribution in [0.5, 0.6) is 0 Å². The predicted octanol–water partition coefficient (Wildman–Crippen LogP) is 3.44. The number of thiazole rings is 1. The van der Waals surface area contributed by atoms with E-state index in [1.807, 2.05) is 37.3 Å². The number of carbonyl (C=O) groups excluding carboxylic acids is 1. The molecule has 0 unspecified atom stereocenters. The van der Waals surface area contributed by atoms with Crippen molar-refractivity contribution in [1.82, 2.24) is 4.98 Å². The number of fused-ring (bicyclic) bond motifs is 1. The molecule has 1 amide bonds. The summed E-state index contributed by atoms with van der Waals surface area (Å²) >= 11 is 1.45. The maximum atomic E-state index is 12.2. The molecule has 0 atom stereocenters. The van der Waals surface area contributed by atoms with Gasteiger partial charge in [-0.2, -0.15) is 0 Å². The standard InChI is InChI=1S/C15H13N3OS/c1-9-6-7-10(11(16)8-9)14(19)18-15-17-12-4-2-3-5-13(12)20-15/h2-8H,16H2,1H3,(H,17,18,19). The molecule has 0 spiro atoms. The Morgan fingerprint density at radius 2 is 2.05 bits per heavy atom. The number of nitrogen functional groups attached to an aromatic ring is 1. The second-order valence-electron chi connectivity index (χ2n) is 4.53. The second-order valence-corrected chi connectivity index (χ2v) is 5.56. The van der Waals surface area contributed by atoms with E-state index in [2.05, 4.69) is 10.3 Å². The van der Waals surface area contributed by atoms with E-state index < -0.39 is 0 Å². The minimum absolute atomic E-state index is 0.235. The molecule has 3 rings (SSSR count). The highest BCUT2D eigenvalue weighted by molar-refractivity contribution is 7.22. The molecule has 0 bridgehead atoms. The van der Waals surface area contributed by atoms with Crippen molar-refractivity contribution in [3.05, 3.63) is 53.6 Å². The van der Waals surface area contributed by atoms with Crippen LogP contribution >= 0.6 is 11.3 Å². The van der Waals surface area contributed by atoms with E-state index in [4.69, 9.17) is 5.73 Å². The van der Waals surface area contributed by atoms with E-state index in [0.717, 1.165) is 15.8 Å². The van der Waals surface area contributed by atoms with E-state index in [9.17, 15) is 4.79 Å². The molecular weight excluding hydrogens is 270 g/mol. The van der Waals surface area contributed by atoms with Gasteiger partial charge in [0.2, 0.25) is 0 Å². The SMILES string of the molecule is Cc1ccc(C(=O)Nc2nc3ccccc3s2)c(N)c1. The van der Waals surface area contributed by atoms with Gasteiger partial charge in [-0.15, -0.1) is 0 Å². The zero-order valence-electron chi connectivity index (χ0n) is 10.9. The molecular formula is C15H13N3OS. The molecule has 3 aromatic rings. The van der Waals surface area contributed by atoms with E-state index >= 15 is 0 Å². The van der Waals surface area contributed by atoms with Crippen molar-refractivity contribution in [3.63, 3.8) is 0 Å². The molecule has 1 aromatic heterocycles. The van der Waals surface area contributed by atoms with Crippen LogP contribution in [0.25, 0.3) is 10.2 Å². The number of aromatic nitrogens is 1. The van der Waals surface area contributed by atoms with E-state index in [1.54, 1.807) is 12.1 Å². The Bertz CT molecular complexity index is 762. The fourth-order valence-electron chi connectivity index (χ4n) is 1.98. The minimum atomic E-state index is -0.235. The van der Waals surface area contributed by atoms with Crippen LogP contribution in [-0.2, 0) is 0 Å². The Morgan fingerprint density at radius 3 is 2.80 bits per heavy atom. The smallest absolute Gasteiger partial charge is 0.259 e. The molecule has 100 valence electrons. The Kier molecular flexibility index (Phi) is 3.12. The first-order valence-electron chi connectivity index (χ1n) is 6.16. The molecule has 0 saturated carbocycles. The summed E-state index contributed by atoms with van der Waals surface area (Å²) in [5, 5.41) is 3.38. The van der Waals surface area contributed by atoms with Crippen LogP contribution in [0.3, 0.4) is 0 Å². The minimum Gasteiger partial charge on any atom is -0.398 e. The topological polar surface area (TPSA) is 68.0 Å². The predicted molar refractivity (Wildman–Crippen MR) is 83.2 cm³/mol. The van der Waals surface area contributed by atoms with Gasteiger partial charge in [-0.05, 0) is 36.8 Å². The normalized spacial score (nSPS) is 10.7. The highest BCUT2D eigenvalue weighted by Gasteiger charge is 2.12. The number of carbonyl (C=O) groups is 1. The Morgan fingerprint density at radius 1 is 1.25 bits per heavy atom. The summed E-state index contributed by atoms with van der Waals surface area (Å²) in [6.07, 6.45) is 0. The summed E-state index contributed by atoms with van der Waals surface area (Å²) in [5.74, 6) is -0.235. The molecule has 1 heterocycles. The lowest BCUT2D eigenvalue weighted by Gasteiger charge is -2.05. The molecule has 3 N–H and O–H groups in total. The summed E-state index contributed by atoms with van der Waals surface area (Å²) < 4.78 is 1.04. The van der Waals surface area contributed by atoms with Gasteiger partial charge in [-0.3, -0.25) is 10.1 Å². The maximum Gasteiger partial charge on any atom is 0.259 e. The number of nitrogens with one attached hydrogen (secondary N) is 1. The quantitative estimate of drug-likeness (QED) is 0.708. The molecule has 4 nitrogen and oxygen atoms in total. The lowest BCUT2D eigenvalue weighted by Crippen LogP contribution is -2.13. The average Bonchev–Trinajstić information content (AvgIpc) is 2.80. The lowest BCUT2D eigenvalue weighted by molar-refractivity contribution is 0.102. The molecule has 0 aliphatic carbocycles. The summed E-state index contributed by atoms with van der Waals surface area (Å²) in [6.45, 7) is 1.94. The summed E-state index contributed by atoms with van der Waals surface area (Å²) in [5.41, 5.74) is 8.72. The van der Waals surface area contributed by atoms with Crippen molar-refractivity contribution in [3.8, 4) is 0 Å². The molecule has 0 radical (unpaired) electrons. The highest BCUT2D eigenvalue weighted by atomic mass is 32.1. The Hall–Kier alpha value is -2.40. The van der Waals surface area contributed by atoms with Crippen LogP contribution in [0.4, 0.5) is 10.8 Å². The van der Waals surface area contributed by atoms with Crippen molar-refractivity contribution in [2.24, 2.45) is 0 Å². The van der Waals surface area contributed by atoms with Gasteiger partial charge < -0.3 is 5.73 Å².